The molecule has 0 atom stereocenters. The Bertz CT molecular complexity index is 1360. The van der Waals surface area contributed by atoms with Crippen molar-refractivity contribution in [3.05, 3.63) is 59.4 Å². The van der Waals surface area contributed by atoms with Crippen LogP contribution >= 0.6 is 0 Å². The molecule has 7 nitrogen and oxygen atoms in total. The zero-order chi connectivity index (χ0) is 24.6. The molecular weight excluding hydrogens is 452 g/mol. The fraction of sp³-hybridized carbons (Fsp3) is 0.346. The average Bonchev–Trinajstić information content (AvgIpc) is 3.23. The summed E-state index contributed by atoms with van der Waals surface area (Å²) in [6.45, 7) is 7.23. The van der Waals surface area contributed by atoms with Gasteiger partial charge in [0.2, 0.25) is 15.9 Å². The van der Waals surface area contributed by atoms with Crippen LogP contribution in [0, 0.1) is 13.8 Å². The van der Waals surface area contributed by atoms with Crippen molar-refractivity contribution in [3.8, 4) is 16.9 Å². The lowest BCUT2D eigenvalue weighted by Crippen LogP contribution is -2.49. The molecule has 1 amide bonds. The van der Waals surface area contributed by atoms with Crippen LogP contribution < -0.4 is 4.74 Å². The van der Waals surface area contributed by atoms with E-state index in [1.54, 1.807) is 24.3 Å². The van der Waals surface area contributed by atoms with Gasteiger partial charge in [-0.2, -0.15) is 4.31 Å². The van der Waals surface area contributed by atoms with Crippen molar-refractivity contribution in [2.24, 2.45) is 0 Å². The highest BCUT2D eigenvalue weighted by atomic mass is 32.2. The number of benzene rings is 2. The molecule has 2 heterocycles. The van der Waals surface area contributed by atoms with E-state index in [0.29, 0.717) is 31.9 Å². The molecule has 1 aliphatic rings. The predicted molar refractivity (Wildman–Crippen MR) is 134 cm³/mol. The molecule has 4 rings (SSSR count). The summed E-state index contributed by atoms with van der Waals surface area (Å²) in [5.41, 5.74) is 6.45. The molecule has 1 saturated heterocycles. The number of aryl methyl sites for hydroxylation is 2. The Morgan fingerprint density at radius 1 is 1.09 bits per heavy atom. The highest BCUT2D eigenvalue weighted by Crippen LogP contribution is 2.40. The van der Waals surface area contributed by atoms with Gasteiger partial charge in [-0.15, -0.1) is 0 Å². The molecule has 0 radical (unpaired) electrons. The Morgan fingerprint density at radius 2 is 1.74 bits per heavy atom. The third-order valence-electron chi connectivity index (χ3n) is 6.39. The van der Waals surface area contributed by atoms with E-state index in [1.807, 2.05) is 19.9 Å². The van der Waals surface area contributed by atoms with Crippen molar-refractivity contribution >= 4 is 32.5 Å². The van der Waals surface area contributed by atoms with Crippen LogP contribution in [-0.4, -0.2) is 63.1 Å². The highest BCUT2D eigenvalue weighted by molar-refractivity contribution is 7.88. The number of piperazine rings is 1. The first-order valence-corrected chi connectivity index (χ1v) is 13.0. The Morgan fingerprint density at radius 3 is 2.32 bits per heavy atom. The number of hydrogen-bond acceptors (Lipinski definition) is 5. The summed E-state index contributed by atoms with van der Waals surface area (Å²) in [6.07, 6.45) is 4.56. The normalized spacial score (nSPS) is 15.7. The van der Waals surface area contributed by atoms with E-state index >= 15 is 0 Å². The first-order valence-electron chi connectivity index (χ1n) is 11.2. The first kappa shape index (κ1) is 24.0. The Kier molecular flexibility index (Phi) is 6.55. The molecule has 180 valence electrons. The van der Waals surface area contributed by atoms with Gasteiger partial charge in [0.1, 0.15) is 11.3 Å². The number of rotatable bonds is 5. The van der Waals surface area contributed by atoms with Crippen molar-refractivity contribution in [2.45, 2.75) is 20.8 Å². The zero-order valence-corrected chi connectivity index (χ0v) is 21.0. The van der Waals surface area contributed by atoms with E-state index in [0.717, 1.165) is 38.8 Å². The average molecular weight is 483 g/mol. The van der Waals surface area contributed by atoms with Crippen molar-refractivity contribution in [3.63, 3.8) is 0 Å². The minimum atomic E-state index is -3.25. The lowest BCUT2D eigenvalue weighted by molar-refractivity contribution is -0.127. The third kappa shape index (κ3) is 4.60. The molecule has 0 bridgehead atoms. The Hall–Kier alpha value is -3.10. The second-order valence-corrected chi connectivity index (χ2v) is 10.8. The standard InChI is InChI=1S/C26H30N2O5S/c1-17-6-8-20(9-7-17)23-16-33-26-19(3)25(32-4)21(15-22(23)26)18(2)14-24(29)27-10-12-28(13-11-27)34(5,30)31/h6-9,14-16H,10-13H2,1-5H3/b18-14+. The molecule has 34 heavy (non-hydrogen) atoms. The molecule has 0 N–H and O–H groups in total. The molecule has 1 aromatic heterocycles. The summed E-state index contributed by atoms with van der Waals surface area (Å²) >= 11 is 0. The smallest absolute Gasteiger partial charge is 0.246 e. The van der Waals surface area contributed by atoms with Crippen LogP contribution in [0.1, 0.15) is 23.6 Å². The summed E-state index contributed by atoms with van der Waals surface area (Å²) in [6, 6.07) is 10.3. The number of fused-ring (bicyclic) bond motifs is 1. The van der Waals surface area contributed by atoms with Crippen molar-refractivity contribution in [1.82, 2.24) is 9.21 Å². The van der Waals surface area contributed by atoms with Crippen LogP contribution in [0.2, 0.25) is 0 Å². The van der Waals surface area contributed by atoms with Crippen LogP contribution in [0.15, 0.2) is 47.1 Å². The fourth-order valence-electron chi connectivity index (χ4n) is 4.42. The third-order valence-corrected chi connectivity index (χ3v) is 7.70. The number of methoxy groups -OCH3 is 1. The molecule has 1 fully saturated rings. The number of amides is 1. The van der Waals surface area contributed by atoms with Gasteiger partial charge in [0, 0.05) is 54.3 Å². The largest absolute Gasteiger partial charge is 0.496 e. The molecular formula is C26H30N2O5S. The van der Waals surface area contributed by atoms with Gasteiger partial charge in [-0.3, -0.25) is 4.79 Å². The zero-order valence-electron chi connectivity index (χ0n) is 20.2. The first-order chi connectivity index (χ1) is 16.1. The van der Waals surface area contributed by atoms with E-state index in [9.17, 15) is 13.2 Å². The van der Waals surface area contributed by atoms with Gasteiger partial charge in [-0.05, 0) is 38.0 Å². The van der Waals surface area contributed by atoms with E-state index in [-0.39, 0.29) is 5.91 Å². The van der Waals surface area contributed by atoms with E-state index in [1.165, 1.54) is 16.1 Å². The maximum absolute atomic E-state index is 13.0. The number of sulfonamides is 1. The number of furan rings is 1. The van der Waals surface area contributed by atoms with E-state index in [2.05, 4.69) is 31.2 Å². The molecule has 3 aromatic rings. The van der Waals surface area contributed by atoms with E-state index < -0.39 is 10.0 Å². The van der Waals surface area contributed by atoms with Gasteiger partial charge in [-0.25, -0.2) is 8.42 Å². The van der Waals surface area contributed by atoms with Gasteiger partial charge in [0.05, 0.1) is 19.6 Å². The quantitative estimate of drug-likeness (QED) is 0.509. The van der Waals surface area contributed by atoms with Crippen LogP contribution in [0.25, 0.3) is 27.7 Å². The highest BCUT2D eigenvalue weighted by Gasteiger charge is 2.26. The molecule has 8 heteroatoms. The number of allylic oxidation sites excluding steroid dienone is 1. The minimum Gasteiger partial charge on any atom is -0.496 e. The number of hydrogen-bond donors (Lipinski definition) is 0. The van der Waals surface area contributed by atoms with Gasteiger partial charge in [0.15, 0.2) is 0 Å². The maximum Gasteiger partial charge on any atom is 0.246 e. The molecule has 1 aliphatic heterocycles. The summed E-state index contributed by atoms with van der Waals surface area (Å²) in [5.74, 6) is 0.525. The fourth-order valence-corrected chi connectivity index (χ4v) is 5.25. The van der Waals surface area contributed by atoms with Gasteiger partial charge in [0.25, 0.3) is 0 Å². The second-order valence-electron chi connectivity index (χ2n) is 8.79. The number of carbonyl (C=O) groups is 1. The van der Waals surface area contributed by atoms with E-state index in [4.69, 9.17) is 9.15 Å². The number of nitrogens with zero attached hydrogens (tertiary/aromatic N) is 2. The molecule has 2 aromatic carbocycles. The summed E-state index contributed by atoms with van der Waals surface area (Å²) in [7, 11) is -1.63. The predicted octanol–water partition coefficient (Wildman–Crippen LogP) is 4.23. The molecule has 0 spiro atoms. The maximum atomic E-state index is 13.0. The lowest BCUT2D eigenvalue weighted by atomic mass is 9.96. The monoisotopic (exact) mass is 482 g/mol. The Labute approximate surface area is 200 Å². The molecule has 0 unspecified atom stereocenters. The van der Waals surface area contributed by atoms with Gasteiger partial charge >= 0.3 is 0 Å². The van der Waals surface area contributed by atoms with Crippen molar-refractivity contribution in [1.29, 1.82) is 0 Å². The SMILES string of the molecule is COc1c(/C(C)=C/C(=O)N2CCN(S(C)(=O)=O)CC2)cc2c(-c3ccc(C)cc3)coc2c1C. The van der Waals surface area contributed by atoms with Crippen LogP contribution in [-0.2, 0) is 14.8 Å². The van der Waals surface area contributed by atoms with Crippen LogP contribution in [0.3, 0.4) is 0 Å². The minimum absolute atomic E-state index is 0.142. The molecule has 0 saturated carbocycles. The van der Waals surface area contributed by atoms with Gasteiger partial charge in [-0.1, -0.05) is 29.8 Å². The second kappa shape index (κ2) is 9.27. The lowest BCUT2D eigenvalue weighted by Gasteiger charge is -2.32. The van der Waals surface area contributed by atoms with Crippen LogP contribution in [0.4, 0.5) is 0 Å². The van der Waals surface area contributed by atoms with Crippen molar-refractivity contribution in [2.75, 3.05) is 39.5 Å². The van der Waals surface area contributed by atoms with Crippen molar-refractivity contribution < 1.29 is 22.4 Å². The summed E-state index contributed by atoms with van der Waals surface area (Å²) in [5, 5.41) is 0.958. The number of ether oxygens (including phenoxy) is 1. The number of carbonyl (C=O) groups excluding carboxylic acids is 1. The topological polar surface area (TPSA) is 80.1 Å². The van der Waals surface area contributed by atoms with Gasteiger partial charge < -0.3 is 14.1 Å². The molecule has 0 aliphatic carbocycles. The van der Waals surface area contributed by atoms with Crippen LogP contribution in [0.5, 0.6) is 5.75 Å². The summed E-state index contributed by atoms with van der Waals surface area (Å²) < 4.78 is 36.5. The summed E-state index contributed by atoms with van der Waals surface area (Å²) in [4.78, 5) is 14.7. The Balaban J connectivity index is 1.68.